The molecule has 8 heteroatoms. The Kier molecular flexibility index (Phi) is 5.85. The van der Waals surface area contributed by atoms with Crippen LogP contribution in [0.5, 0.6) is 5.75 Å². The Balaban J connectivity index is 1.41. The van der Waals surface area contributed by atoms with Crippen molar-refractivity contribution in [3.05, 3.63) is 76.4 Å². The molecule has 1 amide bonds. The maximum atomic E-state index is 14.5. The van der Waals surface area contributed by atoms with Crippen LogP contribution in [0.2, 0.25) is 0 Å². The molecule has 0 unspecified atom stereocenters. The van der Waals surface area contributed by atoms with E-state index in [2.05, 4.69) is 33.9 Å². The first-order valence-electron chi connectivity index (χ1n) is 9.99. The lowest BCUT2D eigenvalue weighted by Gasteiger charge is -2.17. The van der Waals surface area contributed by atoms with Crippen molar-refractivity contribution in [1.29, 1.82) is 0 Å². The molecule has 2 N–H and O–H groups in total. The number of hydrogen-bond acceptors (Lipinski definition) is 4. The number of benzene rings is 2. The van der Waals surface area contributed by atoms with Gasteiger partial charge in [-0.05, 0) is 35.7 Å². The highest BCUT2D eigenvalue weighted by Crippen LogP contribution is 2.19. The molecule has 2 aromatic carbocycles. The van der Waals surface area contributed by atoms with Gasteiger partial charge in [0.25, 0.3) is 5.91 Å². The number of carbonyl (C=O) groups excluding carboxylic acids is 1. The van der Waals surface area contributed by atoms with Gasteiger partial charge in [-0.25, -0.2) is 4.39 Å². The maximum Gasteiger partial charge on any atom is 0.254 e. The lowest BCUT2D eigenvalue weighted by atomic mass is 9.90. The lowest BCUT2D eigenvalue weighted by molar-refractivity contribution is 0.0950. The van der Waals surface area contributed by atoms with E-state index in [1.165, 1.54) is 24.4 Å². The van der Waals surface area contributed by atoms with Gasteiger partial charge in [0, 0.05) is 24.8 Å². The molecule has 0 spiro atoms. The quantitative estimate of drug-likeness (QED) is 0.598. The number of hydrogen-bond donors (Lipinski definition) is 2. The first kappa shape index (κ1) is 20.2. The molecule has 3 aromatic rings. The molecule has 4 rings (SSSR count). The van der Waals surface area contributed by atoms with Gasteiger partial charge in [0.15, 0.2) is 11.6 Å². The predicted octanol–water partition coefficient (Wildman–Crippen LogP) is 0.913. The zero-order valence-corrected chi connectivity index (χ0v) is 17.2. The minimum absolute atomic E-state index is 0.0811. The second kappa shape index (κ2) is 8.71. The van der Waals surface area contributed by atoms with Crippen molar-refractivity contribution in [2.45, 2.75) is 26.1 Å². The Labute approximate surface area is 175 Å². The summed E-state index contributed by atoms with van der Waals surface area (Å²) in [6, 6.07) is 9.82. The molecule has 0 saturated carbocycles. The lowest BCUT2D eigenvalue weighted by Crippen LogP contribution is -2.27. The van der Waals surface area contributed by atoms with Crippen LogP contribution in [0, 0.1) is 5.82 Å². The zero-order valence-electron chi connectivity index (χ0n) is 17.2. The molecular weight excluding hydrogens is 382 g/mol. The zero-order chi connectivity index (χ0) is 21.1. The van der Waals surface area contributed by atoms with Crippen LogP contribution in [0.25, 0.3) is 0 Å². The molecule has 1 aromatic heterocycles. The molecule has 6 nitrogen and oxygen atoms in total. The minimum atomic E-state index is -0.448. The van der Waals surface area contributed by atoms with Gasteiger partial charge in [-0.2, -0.15) is 5.10 Å². The Bertz CT molecular complexity index is 1080. The van der Waals surface area contributed by atoms with Crippen LogP contribution >= 0.6 is 0 Å². The van der Waals surface area contributed by atoms with Crippen molar-refractivity contribution < 1.29 is 13.9 Å². The van der Waals surface area contributed by atoms with E-state index in [0.29, 0.717) is 17.7 Å². The van der Waals surface area contributed by atoms with Crippen LogP contribution in [-0.2, 0) is 26.1 Å². The summed E-state index contributed by atoms with van der Waals surface area (Å²) in [5.74, 6) is -0.575. The van der Waals surface area contributed by atoms with Gasteiger partial charge < -0.3 is 15.4 Å². The first-order chi connectivity index (χ1) is 14.5. The third-order valence-electron chi connectivity index (χ3n) is 5.48. The minimum Gasteiger partial charge on any atom is -0.494 e. The molecule has 1 aliphatic heterocycles. The van der Waals surface area contributed by atoms with E-state index >= 15 is 0 Å². The average molecular weight is 406 g/mol. The number of nitrogens with one attached hydrogen (secondary N) is 2. The predicted molar refractivity (Wildman–Crippen MR) is 115 cm³/mol. The average Bonchev–Trinajstić information content (AvgIpc) is 3.22. The number of nitrogens with zero attached hydrogens (tertiary/aromatic N) is 2. The van der Waals surface area contributed by atoms with Crippen molar-refractivity contribution in [2.24, 2.45) is 0 Å². The standard InChI is InChI=1S/C22H24BFN4O2/c1-30-20-5-4-19(23)18(21(20)24)11-26-22(29)17-10-27-28(13-17)12-14-2-3-16-9-25-7-6-15(16)8-14/h2-5,8,10,13,25H,6-7,9,11-12,23H2,1H3,(H,26,29). The molecule has 1 aliphatic rings. The van der Waals surface area contributed by atoms with Gasteiger partial charge >= 0.3 is 0 Å². The van der Waals surface area contributed by atoms with Crippen molar-refractivity contribution >= 4 is 19.2 Å². The molecule has 0 radical (unpaired) electrons. The molecule has 0 atom stereocenters. The largest absolute Gasteiger partial charge is 0.494 e. The van der Waals surface area contributed by atoms with Crippen LogP contribution in [0.1, 0.15) is 32.6 Å². The summed E-state index contributed by atoms with van der Waals surface area (Å²) in [4.78, 5) is 12.5. The van der Waals surface area contributed by atoms with Gasteiger partial charge in [0.05, 0.1) is 25.4 Å². The molecule has 30 heavy (non-hydrogen) atoms. The van der Waals surface area contributed by atoms with E-state index in [1.807, 2.05) is 0 Å². The first-order valence-corrected chi connectivity index (χ1v) is 9.99. The van der Waals surface area contributed by atoms with Crippen molar-refractivity contribution in [2.75, 3.05) is 13.7 Å². The number of aromatic nitrogens is 2. The fraction of sp³-hybridized carbons (Fsp3) is 0.273. The third kappa shape index (κ3) is 4.23. The normalized spacial score (nSPS) is 13.0. The second-order valence-corrected chi connectivity index (χ2v) is 7.52. The summed E-state index contributed by atoms with van der Waals surface area (Å²) in [7, 11) is 3.22. The highest BCUT2D eigenvalue weighted by Gasteiger charge is 2.15. The summed E-state index contributed by atoms with van der Waals surface area (Å²) in [6.45, 7) is 2.58. The Morgan fingerprint density at radius 3 is 3.03 bits per heavy atom. The van der Waals surface area contributed by atoms with Gasteiger partial charge in [-0.3, -0.25) is 9.48 Å². The van der Waals surface area contributed by atoms with Crippen LogP contribution in [-0.4, -0.2) is 37.2 Å². The summed E-state index contributed by atoms with van der Waals surface area (Å²) < 4.78 is 21.2. The number of methoxy groups -OCH3 is 1. The van der Waals surface area contributed by atoms with E-state index in [4.69, 9.17) is 4.74 Å². The number of carbonyl (C=O) groups is 1. The van der Waals surface area contributed by atoms with E-state index in [0.717, 1.165) is 30.5 Å². The number of amides is 1. The summed E-state index contributed by atoms with van der Waals surface area (Å²) in [5.41, 5.74) is 5.47. The van der Waals surface area contributed by atoms with Crippen LogP contribution in [0.4, 0.5) is 4.39 Å². The molecule has 2 heterocycles. The van der Waals surface area contributed by atoms with E-state index in [1.54, 1.807) is 30.9 Å². The smallest absolute Gasteiger partial charge is 0.254 e. The highest BCUT2D eigenvalue weighted by atomic mass is 19.1. The fourth-order valence-electron chi connectivity index (χ4n) is 3.72. The van der Waals surface area contributed by atoms with Gasteiger partial charge in [-0.15, -0.1) is 0 Å². The second-order valence-electron chi connectivity index (χ2n) is 7.52. The number of rotatable bonds is 6. The summed E-state index contributed by atoms with van der Waals surface area (Å²) in [5, 5.41) is 10.5. The van der Waals surface area contributed by atoms with Crippen LogP contribution in [0.3, 0.4) is 0 Å². The van der Waals surface area contributed by atoms with E-state index in [9.17, 15) is 9.18 Å². The molecule has 154 valence electrons. The number of ether oxygens (including phenoxy) is 1. The molecule has 0 fully saturated rings. The monoisotopic (exact) mass is 406 g/mol. The molecule has 0 bridgehead atoms. The van der Waals surface area contributed by atoms with E-state index < -0.39 is 5.82 Å². The number of fused-ring (bicyclic) bond motifs is 1. The SMILES string of the molecule is Bc1ccc(OC)c(F)c1CNC(=O)c1cnn(Cc2ccc3c(c2)CCNC3)c1. The Morgan fingerprint density at radius 1 is 1.33 bits per heavy atom. The van der Waals surface area contributed by atoms with Crippen LogP contribution < -0.4 is 20.8 Å². The molecule has 0 saturated heterocycles. The van der Waals surface area contributed by atoms with E-state index in [-0.39, 0.29) is 18.2 Å². The molecule has 0 aliphatic carbocycles. The van der Waals surface area contributed by atoms with Crippen molar-refractivity contribution in [3.8, 4) is 5.75 Å². The van der Waals surface area contributed by atoms with Gasteiger partial charge in [-0.1, -0.05) is 29.7 Å². The molecular formula is C22H24BFN4O2. The topological polar surface area (TPSA) is 68.2 Å². The van der Waals surface area contributed by atoms with Crippen molar-refractivity contribution in [3.63, 3.8) is 0 Å². The summed E-state index contributed by atoms with van der Waals surface area (Å²) in [6.07, 6.45) is 4.27. The van der Waals surface area contributed by atoms with Crippen LogP contribution in [0.15, 0.2) is 42.7 Å². The third-order valence-corrected chi connectivity index (χ3v) is 5.48. The fourth-order valence-corrected chi connectivity index (χ4v) is 3.72. The van der Waals surface area contributed by atoms with Gasteiger partial charge in [0.2, 0.25) is 0 Å². The Morgan fingerprint density at radius 2 is 2.20 bits per heavy atom. The highest BCUT2D eigenvalue weighted by molar-refractivity contribution is 6.33. The maximum absolute atomic E-state index is 14.5. The van der Waals surface area contributed by atoms with Gasteiger partial charge in [0.1, 0.15) is 7.85 Å². The van der Waals surface area contributed by atoms with Crippen molar-refractivity contribution in [1.82, 2.24) is 20.4 Å². The number of halogens is 1. The Hall–Kier alpha value is -3.13. The summed E-state index contributed by atoms with van der Waals surface area (Å²) >= 11 is 0.